The number of benzene rings is 1. The first-order chi connectivity index (χ1) is 9.13. The lowest BCUT2D eigenvalue weighted by Crippen LogP contribution is -2.16. The minimum absolute atomic E-state index is 0.0424. The number of aromatic nitrogens is 2. The summed E-state index contributed by atoms with van der Waals surface area (Å²) in [4.78, 5) is 15.0. The van der Waals surface area contributed by atoms with Gasteiger partial charge in [-0.15, -0.1) is 0 Å². The summed E-state index contributed by atoms with van der Waals surface area (Å²) in [7, 11) is 0. The van der Waals surface area contributed by atoms with Crippen LogP contribution in [0.2, 0.25) is 0 Å². The summed E-state index contributed by atoms with van der Waals surface area (Å²) < 4.78 is 1.74. The molecule has 0 aliphatic carbocycles. The van der Waals surface area contributed by atoms with Gasteiger partial charge < -0.3 is 4.98 Å². The summed E-state index contributed by atoms with van der Waals surface area (Å²) in [6.07, 6.45) is 5.11. The second-order valence-electron chi connectivity index (χ2n) is 5.27. The predicted molar refractivity (Wildman–Crippen MR) is 79.1 cm³/mol. The van der Waals surface area contributed by atoms with Gasteiger partial charge in [0.15, 0.2) is 0 Å². The molecule has 19 heavy (non-hydrogen) atoms. The van der Waals surface area contributed by atoms with Gasteiger partial charge in [-0.25, -0.2) is 4.79 Å². The van der Waals surface area contributed by atoms with Gasteiger partial charge in [0.1, 0.15) is 0 Å². The minimum Gasteiger partial charge on any atom is -0.310 e. The SMILES string of the molecule is CCCCc1cn(-c2ccccc2C(C)C)c(=O)[nH]1. The third-order valence-electron chi connectivity index (χ3n) is 3.39. The fraction of sp³-hybridized carbons (Fsp3) is 0.438. The Morgan fingerprint density at radius 2 is 2.00 bits per heavy atom. The van der Waals surface area contributed by atoms with Crippen molar-refractivity contribution in [1.29, 1.82) is 0 Å². The van der Waals surface area contributed by atoms with Crippen LogP contribution >= 0.6 is 0 Å². The van der Waals surface area contributed by atoms with E-state index in [1.807, 2.05) is 24.4 Å². The van der Waals surface area contributed by atoms with E-state index in [2.05, 4.69) is 31.8 Å². The number of rotatable bonds is 5. The molecule has 1 heterocycles. The Labute approximate surface area is 114 Å². The number of imidazole rings is 1. The van der Waals surface area contributed by atoms with Crippen LogP contribution in [0.4, 0.5) is 0 Å². The highest BCUT2D eigenvalue weighted by Crippen LogP contribution is 2.21. The fourth-order valence-corrected chi connectivity index (χ4v) is 2.31. The largest absolute Gasteiger partial charge is 0.330 e. The van der Waals surface area contributed by atoms with Crippen LogP contribution in [0, 0.1) is 0 Å². The number of hydrogen-bond acceptors (Lipinski definition) is 1. The number of hydrogen-bond donors (Lipinski definition) is 1. The lowest BCUT2D eigenvalue weighted by atomic mass is 10.0. The molecule has 0 amide bonds. The van der Waals surface area contributed by atoms with E-state index in [0.29, 0.717) is 5.92 Å². The first kappa shape index (κ1) is 13.7. The fourth-order valence-electron chi connectivity index (χ4n) is 2.31. The van der Waals surface area contributed by atoms with Crippen LogP contribution in [0.1, 0.15) is 50.8 Å². The number of unbranched alkanes of at least 4 members (excludes halogenated alkanes) is 1. The van der Waals surface area contributed by atoms with Crippen LogP contribution in [-0.4, -0.2) is 9.55 Å². The van der Waals surface area contributed by atoms with Gasteiger partial charge in [0.25, 0.3) is 0 Å². The molecule has 1 aromatic carbocycles. The van der Waals surface area contributed by atoms with Gasteiger partial charge in [0, 0.05) is 11.9 Å². The zero-order chi connectivity index (χ0) is 13.8. The van der Waals surface area contributed by atoms with Crippen LogP contribution < -0.4 is 5.69 Å². The van der Waals surface area contributed by atoms with Gasteiger partial charge in [-0.3, -0.25) is 4.57 Å². The molecule has 1 aromatic heterocycles. The molecular formula is C16H22N2O. The molecule has 0 unspecified atom stereocenters. The van der Waals surface area contributed by atoms with Crippen molar-refractivity contribution in [3.05, 3.63) is 52.2 Å². The van der Waals surface area contributed by atoms with E-state index in [0.717, 1.165) is 30.6 Å². The van der Waals surface area contributed by atoms with Crippen LogP contribution in [0.3, 0.4) is 0 Å². The first-order valence-electron chi connectivity index (χ1n) is 7.03. The predicted octanol–water partition coefficient (Wildman–Crippen LogP) is 3.63. The van der Waals surface area contributed by atoms with Crippen molar-refractivity contribution >= 4 is 0 Å². The molecule has 102 valence electrons. The van der Waals surface area contributed by atoms with Gasteiger partial charge in [0.2, 0.25) is 0 Å². The Hall–Kier alpha value is -1.77. The molecule has 0 bridgehead atoms. The topological polar surface area (TPSA) is 37.8 Å². The molecule has 0 spiro atoms. The average molecular weight is 258 g/mol. The summed E-state index contributed by atoms with van der Waals surface area (Å²) in [5, 5.41) is 0. The number of nitrogens with one attached hydrogen (secondary N) is 1. The maximum atomic E-state index is 12.1. The first-order valence-corrected chi connectivity index (χ1v) is 7.03. The smallest absolute Gasteiger partial charge is 0.310 e. The second-order valence-corrected chi connectivity index (χ2v) is 5.27. The molecule has 0 radical (unpaired) electrons. The molecule has 0 atom stereocenters. The second kappa shape index (κ2) is 5.91. The number of H-pyrrole nitrogens is 1. The van der Waals surface area contributed by atoms with E-state index in [1.165, 1.54) is 5.56 Å². The van der Waals surface area contributed by atoms with Gasteiger partial charge in [-0.05, 0) is 30.4 Å². The number of nitrogens with zero attached hydrogens (tertiary/aromatic N) is 1. The van der Waals surface area contributed by atoms with Crippen LogP contribution in [-0.2, 0) is 6.42 Å². The summed E-state index contributed by atoms with van der Waals surface area (Å²) >= 11 is 0. The molecule has 0 fully saturated rings. The van der Waals surface area contributed by atoms with Crippen molar-refractivity contribution in [2.45, 2.75) is 46.0 Å². The molecule has 0 saturated carbocycles. The molecule has 3 heteroatoms. The summed E-state index contributed by atoms with van der Waals surface area (Å²) in [5.74, 6) is 0.400. The van der Waals surface area contributed by atoms with Gasteiger partial charge in [-0.2, -0.15) is 0 Å². The standard InChI is InChI=1S/C16H22N2O/c1-4-5-8-13-11-18(16(19)17-13)15-10-7-6-9-14(15)12(2)3/h6-7,9-12H,4-5,8H2,1-3H3,(H,17,19). The quantitative estimate of drug-likeness (QED) is 0.873. The van der Waals surface area contributed by atoms with Crippen molar-refractivity contribution in [2.24, 2.45) is 0 Å². The molecule has 2 rings (SSSR count). The van der Waals surface area contributed by atoms with Crippen molar-refractivity contribution in [2.75, 3.05) is 0 Å². The van der Waals surface area contributed by atoms with Gasteiger partial charge >= 0.3 is 5.69 Å². The third kappa shape index (κ3) is 2.98. The molecular weight excluding hydrogens is 236 g/mol. The molecule has 0 saturated heterocycles. The third-order valence-corrected chi connectivity index (χ3v) is 3.39. The Kier molecular flexibility index (Phi) is 4.25. The van der Waals surface area contributed by atoms with Crippen molar-refractivity contribution in [1.82, 2.24) is 9.55 Å². The molecule has 0 aliphatic heterocycles. The Morgan fingerprint density at radius 1 is 1.26 bits per heavy atom. The van der Waals surface area contributed by atoms with Crippen LogP contribution in [0.25, 0.3) is 5.69 Å². The summed E-state index contributed by atoms with van der Waals surface area (Å²) in [6, 6.07) is 8.10. The zero-order valence-electron chi connectivity index (χ0n) is 11.9. The van der Waals surface area contributed by atoms with E-state index >= 15 is 0 Å². The Morgan fingerprint density at radius 3 is 2.68 bits per heavy atom. The molecule has 3 nitrogen and oxygen atoms in total. The highest BCUT2D eigenvalue weighted by atomic mass is 16.1. The summed E-state index contributed by atoms with van der Waals surface area (Å²) in [5.41, 5.74) is 3.16. The number of para-hydroxylation sites is 1. The highest BCUT2D eigenvalue weighted by molar-refractivity contribution is 5.43. The lowest BCUT2D eigenvalue weighted by molar-refractivity contribution is 0.779. The van der Waals surface area contributed by atoms with E-state index in [1.54, 1.807) is 4.57 Å². The zero-order valence-corrected chi connectivity index (χ0v) is 11.9. The minimum atomic E-state index is -0.0424. The van der Waals surface area contributed by atoms with E-state index in [9.17, 15) is 4.79 Å². The van der Waals surface area contributed by atoms with Gasteiger partial charge in [0.05, 0.1) is 5.69 Å². The average Bonchev–Trinajstić information content (AvgIpc) is 2.77. The number of aryl methyl sites for hydroxylation is 1. The normalized spacial score (nSPS) is 11.2. The lowest BCUT2D eigenvalue weighted by Gasteiger charge is -2.12. The van der Waals surface area contributed by atoms with E-state index in [-0.39, 0.29) is 5.69 Å². The van der Waals surface area contributed by atoms with E-state index in [4.69, 9.17) is 0 Å². The van der Waals surface area contributed by atoms with Crippen molar-refractivity contribution < 1.29 is 0 Å². The number of aromatic amines is 1. The van der Waals surface area contributed by atoms with Gasteiger partial charge in [-0.1, -0.05) is 45.4 Å². The Bertz CT molecular complexity index is 593. The monoisotopic (exact) mass is 258 g/mol. The molecule has 1 N–H and O–H groups in total. The Balaban J connectivity index is 2.42. The summed E-state index contributed by atoms with van der Waals surface area (Å²) in [6.45, 7) is 6.45. The highest BCUT2D eigenvalue weighted by Gasteiger charge is 2.11. The maximum absolute atomic E-state index is 12.1. The van der Waals surface area contributed by atoms with Crippen LogP contribution in [0.15, 0.2) is 35.3 Å². The van der Waals surface area contributed by atoms with Crippen molar-refractivity contribution in [3.8, 4) is 5.69 Å². The molecule has 0 aliphatic rings. The molecule has 2 aromatic rings. The van der Waals surface area contributed by atoms with E-state index < -0.39 is 0 Å². The van der Waals surface area contributed by atoms with Crippen LogP contribution in [0.5, 0.6) is 0 Å². The maximum Gasteiger partial charge on any atom is 0.330 e. The van der Waals surface area contributed by atoms with Crippen molar-refractivity contribution in [3.63, 3.8) is 0 Å².